The minimum absolute atomic E-state index is 0.312. The average molecular weight is 301 g/mol. The Hall–Kier alpha value is -2.54. The van der Waals surface area contributed by atoms with Gasteiger partial charge in [0.15, 0.2) is 0 Å². The van der Waals surface area contributed by atoms with E-state index in [4.69, 9.17) is 4.74 Å². The Balaban J connectivity index is 2.04. The second kappa shape index (κ2) is 7.15. The third-order valence-corrected chi connectivity index (χ3v) is 4.32. The van der Waals surface area contributed by atoms with Crippen LogP contribution in [0.25, 0.3) is 0 Å². The monoisotopic (exact) mass is 301 g/mol. The first-order valence-corrected chi connectivity index (χ1v) is 7.93. The van der Waals surface area contributed by atoms with Gasteiger partial charge in [-0.3, -0.25) is 0 Å². The fourth-order valence-electron chi connectivity index (χ4n) is 3.06. The van der Waals surface area contributed by atoms with E-state index in [1.165, 1.54) is 22.3 Å². The molecule has 23 heavy (non-hydrogen) atoms. The summed E-state index contributed by atoms with van der Waals surface area (Å²) < 4.78 is 5.57. The Morgan fingerprint density at radius 2 is 1.43 bits per heavy atom. The van der Waals surface area contributed by atoms with Gasteiger partial charge in [0.1, 0.15) is 5.75 Å². The summed E-state index contributed by atoms with van der Waals surface area (Å²) in [5.74, 6) is 1.23. The zero-order valence-electron chi connectivity index (χ0n) is 13.6. The number of aryl methyl sites for hydroxylation is 1. The van der Waals surface area contributed by atoms with Crippen molar-refractivity contribution in [3.8, 4) is 5.75 Å². The molecule has 1 radical (unpaired) electrons. The predicted octanol–water partition coefficient (Wildman–Crippen LogP) is 5.18. The van der Waals surface area contributed by atoms with Gasteiger partial charge in [0, 0.05) is 5.92 Å². The Kier molecular flexibility index (Phi) is 4.77. The Labute approximate surface area is 138 Å². The van der Waals surface area contributed by atoms with Crippen LogP contribution in [0.5, 0.6) is 5.75 Å². The molecule has 0 bridgehead atoms. The normalized spacial score (nSPS) is 10.7. The third-order valence-electron chi connectivity index (χ3n) is 4.32. The van der Waals surface area contributed by atoms with E-state index in [1.807, 2.05) is 12.1 Å². The molecule has 0 saturated heterocycles. The van der Waals surface area contributed by atoms with Crippen LogP contribution in [-0.2, 0) is 6.42 Å². The highest BCUT2D eigenvalue weighted by molar-refractivity contribution is 5.43. The maximum Gasteiger partial charge on any atom is 0.122 e. The molecule has 0 spiro atoms. The molecule has 0 unspecified atom stereocenters. The lowest BCUT2D eigenvalue weighted by molar-refractivity contribution is 0.408. The first kappa shape index (κ1) is 15.4. The van der Waals surface area contributed by atoms with E-state index < -0.39 is 0 Å². The summed E-state index contributed by atoms with van der Waals surface area (Å²) in [6.07, 6.45) is 0.914. The SMILES string of the molecule is COc1c[c]cc(C)c1CC(c1ccccc1)c1ccccc1. The molecule has 0 heterocycles. The topological polar surface area (TPSA) is 9.23 Å². The molecule has 1 nitrogen and oxygen atoms in total. The number of ether oxygens (including phenoxy) is 1. The molecule has 0 N–H and O–H groups in total. The van der Waals surface area contributed by atoms with Gasteiger partial charge < -0.3 is 4.74 Å². The van der Waals surface area contributed by atoms with Crippen LogP contribution in [0.3, 0.4) is 0 Å². The number of hydrogen-bond donors (Lipinski definition) is 0. The second-order valence-corrected chi connectivity index (χ2v) is 5.76. The van der Waals surface area contributed by atoms with Crippen LogP contribution in [0.4, 0.5) is 0 Å². The third kappa shape index (κ3) is 3.45. The molecule has 0 aliphatic heterocycles. The smallest absolute Gasteiger partial charge is 0.122 e. The molecule has 3 aromatic rings. The molecular formula is C22H21O. The van der Waals surface area contributed by atoms with Crippen LogP contribution in [0.1, 0.15) is 28.2 Å². The fraction of sp³-hybridized carbons (Fsp3) is 0.182. The van der Waals surface area contributed by atoms with Gasteiger partial charge in [-0.05, 0) is 47.7 Å². The number of rotatable bonds is 5. The minimum Gasteiger partial charge on any atom is -0.496 e. The van der Waals surface area contributed by atoms with Gasteiger partial charge in [-0.2, -0.15) is 0 Å². The number of methoxy groups -OCH3 is 1. The molecule has 0 saturated carbocycles. The van der Waals surface area contributed by atoms with Crippen LogP contribution >= 0.6 is 0 Å². The molecule has 115 valence electrons. The maximum absolute atomic E-state index is 5.57. The quantitative estimate of drug-likeness (QED) is 0.631. The molecule has 0 amide bonds. The summed E-state index contributed by atoms with van der Waals surface area (Å²) in [6, 6.07) is 28.5. The van der Waals surface area contributed by atoms with Crippen LogP contribution in [0.15, 0.2) is 72.8 Å². The number of benzene rings is 3. The van der Waals surface area contributed by atoms with Crippen molar-refractivity contribution in [3.05, 3.63) is 101 Å². The van der Waals surface area contributed by atoms with Crippen molar-refractivity contribution in [1.82, 2.24) is 0 Å². The Morgan fingerprint density at radius 1 is 0.870 bits per heavy atom. The molecule has 0 aliphatic rings. The summed E-state index contributed by atoms with van der Waals surface area (Å²) >= 11 is 0. The van der Waals surface area contributed by atoms with E-state index in [2.05, 4.69) is 73.7 Å². The zero-order valence-corrected chi connectivity index (χ0v) is 13.6. The summed E-state index contributed by atoms with van der Waals surface area (Å²) in [5, 5.41) is 0. The van der Waals surface area contributed by atoms with E-state index in [1.54, 1.807) is 7.11 Å². The second-order valence-electron chi connectivity index (χ2n) is 5.76. The molecule has 0 fully saturated rings. The molecule has 1 heteroatoms. The van der Waals surface area contributed by atoms with Crippen LogP contribution in [0, 0.1) is 13.0 Å². The van der Waals surface area contributed by atoms with Gasteiger partial charge in [0.2, 0.25) is 0 Å². The van der Waals surface area contributed by atoms with Crippen molar-refractivity contribution in [2.75, 3.05) is 7.11 Å². The fourth-order valence-corrected chi connectivity index (χ4v) is 3.06. The van der Waals surface area contributed by atoms with Crippen molar-refractivity contribution in [2.24, 2.45) is 0 Å². The molecule has 3 aromatic carbocycles. The molecule has 3 rings (SSSR count). The first-order valence-electron chi connectivity index (χ1n) is 7.93. The maximum atomic E-state index is 5.57. The van der Waals surface area contributed by atoms with Crippen LogP contribution in [0.2, 0.25) is 0 Å². The van der Waals surface area contributed by atoms with Crippen molar-refractivity contribution in [1.29, 1.82) is 0 Å². The molecule has 0 atom stereocenters. The van der Waals surface area contributed by atoms with Gasteiger partial charge in [-0.15, -0.1) is 0 Å². The predicted molar refractivity (Wildman–Crippen MR) is 95.0 cm³/mol. The highest BCUT2D eigenvalue weighted by atomic mass is 16.5. The zero-order chi connectivity index (χ0) is 16.1. The Bertz CT molecular complexity index is 708. The van der Waals surface area contributed by atoms with E-state index >= 15 is 0 Å². The van der Waals surface area contributed by atoms with E-state index in [9.17, 15) is 0 Å². The van der Waals surface area contributed by atoms with Crippen molar-refractivity contribution >= 4 is 0 Å². The van der Waals surface area contributed by atoms with Crippen molar-refractivity contribution < 1.29 is 4.74 Å². The highest BCUT2D eigenvalue weighted by Crippen LogP contribution is 2.33. The van der Waals surface area contributed by atoms with Crippen molar-refractivity contribution in [3.63, 3.8) is 0 Å². The standard InChI is InChI=1S/C22H21O/c1-17-10-9-15-22(23-2)20(17)16-21(18-11-5-3-6-12-18)19-13-7-4-8-14-19/h3-8,10-15,21H,16H2,1-2H3. The molecular weight excluding hydrogens is 280 g/mol. The van der Waals surface area contributed by atoms with Crippen molar-refractivity contribution in [2.45, 2.75) is 19.3 Å². The molecule has 0 aliphatic carbocycles. The Morgan fingerprint density at radius 3 is 1.96 bits per heavy atom. The summed E-state index contributed by atoms with van der Waals surface area (Å²) in [5.41, 5.74) is 5.13. The van der Waals surface area contributed by atoms with Crippen LogP contribution in [-0.4, -0.2) is 7.11 Å². The van der Waals surface area contributed by atoms with E-state index in [0.717, 1.165) is 12.2 Å². The lowest BCUT2D eigenvalue weighted by atomic mass is 9.84. The largest absolute Gasteiger partial charge is 0.496 e. The number of hydrogen-bond acceptors (Lipinski definition) is 1. The lowest BCUT2D eigenvalue weighted by Crippen LogP contribution is -2.07. The lowest BCUT2D eigenvalue weighted by Gasteiger charge is -2.21. The summed E-state index contributed by atoms with van der Waals surface area (Å²) in [6.45, 7) is 2.13. The van der Waals surface area contributed by atoms with Gasteiger partial charge in [-0.1, -0.05) is 66.7 Å². The highest BCUT2D eigenvalue weighted by Gasteiger charge is 2.18. The average Bonchev–Trinajstić information content (AvgIpc) is 2.62. The van der Waals surface area contributed by atoms with Gasteiger partial charge in [-0.25, -0.2) is 0 Å². The van der Waals surface area contributed by atoms with Gasteiger partial charge in [0.25, 0.3) is 0 Å². The summed E-state index contributed by atoms with van der Waals surface area (Å²) in [7, 11) is 1.73. The van der Waals surface area contributed by atoms with Gasteiger partial charge in [0.05, 0.1) is 7.11 Å². The first-order chi connectivity index (χ1) is 11.3. The summed E-state index contributed by atoms with van der Waals surface area (Å²) in [4.78, 5) is 0. The van der Waals surface area contributed by atoms with E-state index in [0.29, 0.717) is 5.92 Å². The van der Waals surface area contributed by atoms with E-state index in [-0.39, 0.29) is 0 Å². The minimum atomic E-state index is 0.312. The van der Waals surface area contributed by atoms with Crippen LogP contribution < -0.4 is 4.74 Å². The van der Waals surface area contributed by atoms with Gasteiger partial charge >= 0.3 is 0 Å². The molecule has 0 aromatic heterocycles.